The second-order valence-electron chi connectivity index (χ2n) is 2.39. The molecule has 0 aliphatic carbocycles. The first-order valence-corrected chi connectivity index (χ1v) is 3.33. The summed E-state index contributed by atoms with van der Waals surface area (Å²) in [4.78, 5) is 16.9. The van der Waals surface area contributed by atoms with Crippen LogP contribution < -0.4 is 5.32 Å². The highest BCUT2D eigenvalue weighted by molar-refractivity contribution is 5.84. The van der Waals surface area contributed by atoms with E-state index in [-0.39, 0.29) is 5.82 Å². The third-order valence-corrected chi connectivity index (χ3v) is 1.65. The van der Waals surface area contributed by atoms with Gasteiger partial charge in [0.05, 0.1) is 5.69 Å². The summed E-state index contributed by atoms with van der Waals surface area (Å²) in [5.41, 5.74) is 0.891. The molecule has 11 heavy (non-hydrogen) atoms. The molecule has 0 atom stereocenters. The lowest BCUT2D eigenvalue weighted by Crippen LogP contribution is -2.02. The summed E-state index contributed by atoms with van der Waals surface area (Å²) >= 11 is 0. The molecule has 0 fully saturated rings. The minimum atomic E-state index is -1.01. The molecule has 1 aliphatic rings. The van der Waals surface area contributed by atoms with Crippen molar-refractivity contribution in [2.24, 2.45) is 0 Å². The number of H-pyrrole nitrogens is 1. The zero-order chi connectivity index (χ0) is 7.84. The summed E-state index contributed by atoms with van der Waals surface area (Å²) in [6.07, 6.45) is 0.829. The van der Waals surface area contributed by atoms with Crippen LogP contribution in [-0.2, 0) is 6.42 Å². The van der Waals surface area contributed by atoms with Gasteiger partial charge >= 0.3 is 5.97 Å². The molecule has 3 N–H and O–H groups in total. The molecule has 0 aromatic carbocycles. The van der Waals surface area contributed by atoms with Crippen LogP contribution in [0.25, 0.3) is 0 Å². The molecule has 1 aromatic heterocycles. The van der Waals surface area contributed by atoms with Crippen molar-refractivity contribution >= 4 is 11.8 Å². The van der Waals surface area contributed by atoms with Crippen LogP contribution in [0.3, 0.4) is 0 Å². The number of nitrogens with one attached hydrogen (secondary N) is 2. The van der Waals surface area contributed by atoms with Gasteiger partial charge in [-0.1, -0.05) is 0 Å². The van der Waals surface area contributed by atoms with Gasteiger partial charge in [-0.05, 0) is 0 Å². The number of carboxylic acid groups (broad SMARTS) is 1. The monoisotopic (exact) mass is 153 g/mol. The summed E-state index contributed by atoms with van der Waals surface area (Å²) in [6.45, 7) is 0.841. The number of aromatic amines is 1. The van der Waals surface area contributed by atoms with Crippen molar-refractivity contribution in [2.75, 3.05) is 11.9 Å². The van der Waals surface area contributed by atoms with Crippen molar-refractivity contribution in [1.82, 2.24) is 9.97 Å². The first-order chi connectivity index (χ1) is 5.27. The van der Waals surface area contributed by atoms with Crippen LogP contribution in [0.15, 0.2) is 0 Å². The fourth-order valence-electron chi connectivity index (χ4n) is 1.14. The zero-order valence-corrected chi connectivity index (χ0v) is 5.72. The quantitative estimate of drug-likeness (QED) is 0.533. The number of carbonyl (C=O) groups is 1. The van der Waals surface area contributed by atoms with Gasteiger partial charge in [0.2, 0.25) is 5.82 Å². The van der Waals surface area contributed by atoms with Gasteiger partial charge in [-0.3, -0.25) is 0 Å². The van der Waals surface area contributed by atoms with Crippen molar-refractivity contribution in [3.8, 4) is 0 Å². The highest BCUT2D eigenvalue weighted by atomic mass is 16.4. The second-order valence-corrected chi connectivity index (χ2v) is 2.39. The molecule has 2 rings (SSSR count). The van der Waals surface area contributed by atoms with E-state index >= 15 is 0 Å². The van der Waals surface area contributed by atoms with E-state index in [1.54, 1.807) is 0 Å². The van der Waals surface area contributed by atoms with Gasteiger partial charge in [-0.15, -0.1) is 0 Å². The Morgan fingerprint density at radius 3 is 3.09 bits per heavy atom. The average Bonchev–Trinajstić information content (AvgIpc) is 2.40. The van der Waals surface area contributed by atoms with Crippen molar-refractivity contribution in [3.05, 3.63) is 11.5 Å². The smallest absolute Gasteiger partial charge is 0.371 e. The van der Waals surface area contributed by atoms with Gasteiger partial charge in [-0.25, -0.2) is 9.78 Å². The SMILES string of the molecule is O=C(O)c1nc2c([nH]1)CCN2. The Kier molecular flexibility index (Phi) is 1.12. The number of imidazole rings is 1. The number of aromatic nitrogens is 2. The Bertz CT molecular complexity index is 283. The zero-order valence-electron chi connectivity index (χ0n) is 5.72. The number of anilines is 1. The Morgan fingerprint density at radius 2 is 2.45 bits per heavy atom. The van der Waals surface area contributed by atoms with Crippen LogP contribution in [0.2, 0.25) is 0 Å². The van der Waals surface area contributed by atoms with Crippen molar-refractivity contribution in [2.45, 2.75) is 6.42 Å². The van der Waals surface area contributed by atoms with Crippen molar-refractivity contribution in [1.29, 1.82) is 0 Å². The molecule has 5 nitrogen and oxygen atoms in total. The van der Waals surface area contributed by atoms with E-state index in [0.29, 0.717) is 5.82 Å². The molecule has 1 aromatic rings. The summed E-state index contributed by atoms with van der Waals surface area (Å²) < 4.78 is 0. The van der Waals surface area contributed by atoms with Gasteiger partial charge in [0, 0.05) is 13.0 Å². The number of rotatable bonds is 1. The van der Waals surface area contributed by atoms with E-state index in [4.69, 9.17) is 5.11 Å². The normalized spacial score (nSPS) is 14.2. The standard InChI is InChI=1S/C6H7N3O2/c10-6(11)5-8-3-1-2-7-4(3)9-5/h7H,1-2H2,(H,8,9)(H,10,11). The highest BCUT2D eigenvalue weighted by Crippen LogP contribution is 2.17. The van der Waals surface area contributed by atoms with E-state index in [0.717, 1.165) is 18.7 Å². The summed E-state index contributed by atoms with van der Waals surface area (Å²) in [6, 6.07) is 0. The molecular formula is C6H7N3O2. The summed E-state index contributed by atoms with van der Waals surface area (Å²) in [5.74, 6) is -0.314. The summed E-state index contributed by atoms with van der Waals surface area (Å²) in [7, 11) is 0. The second kappa shape index (κ2) is 1.98. The maximum atomic E-state index is 10.4. The molecule has 0 bridgehead atoms. The first kappa shape index (κ1) is 6.21. The molecule has 0 spiro atoms. The molecule has 1 aliphatic heterocycles. The minimum absolute atomic E-state index is 0.0159. The van der Waals surface area contributed by atoms with Crippen LogP contribution in [0.4, 0.5) is 5.82 Å². The number of hydrogen-bond donors (Lipinski definition) is 3. The fourth-order valence-corrected chi connectivity index (χ4v) is 1.14. The molecule has 0 amide bonds. The molecule has 0 unspecified atom stereocenters. The molecule has 0 saturated carbocycles. The molecule has 0 radical (unpaired) electrons. The Hall–Kier alpha value is -1.52. The predicted molar refractivity (Wildman–Crippen MR) is 37.7 cm³/mol. The van der Waals surface area contributed by atoms with E-state index < -0.39 is 5.97 Å². The molecular weight excluding hydrogens is 146 g/mol. The number of fused-ring (bicyclic) bond motifs is 1. The number of hydrogen-bond acceptors (Lipinski definition) is 3. The average molecular weight is 153 g/mol. The first-order valence-electron chi connectivity index (χ1n) is 3.33. The van der Waals surface area contributed by atoms with Crippen LogP contribution in [0.5, 0.6) is 0 Å². The number of aromatic carboxylic acids is 1. The van der Waals surface area contributed by atoms with E-state index in [9.17, 15) is 4.79 Å². The maximum Gasteiger partial charge on any atom is 0.371 e. The maximum absolute atomic E-state index is 10.4. The Labute approximate surface area is 62.5 Å². The van der Waals surface area contributed by atoms with Crippen molar-refractivity contribution < 1.29 is 9.90 Å². The molecule has 0 saturated heterocycles. The summed E-state index contributed by atoms with van der Waals surface area (Å²) in [5, 5.41) is 11.5. The van der Waals surface area contributed by atoms with Gasteiger partial charge in [0.25, 0.3) is 0 Å². The number of nitrogens with zero attached hydrogens (tertiary/aromatic N) is 1. The lowest BCUT2D eigenvalue weighted by atomic mass is 10.4. The highest BCUT2D eigenvalue weighted by Gasteiger charge is 2.17. The third kappa shape index (κ3) is 0.849. The van der Waals surface area contributed by atoms with E-state index in [1.807, 2.05) is 0 Å². The molecule has 58 valence electrons. The Balaban J connectivity index is 2.42. The number of carboxylic acids is 1. The van der Waals surface area contributed by atoms with Crippen LogP contribution >= 0.6 is 0 Å². The minimum Gasteiger partial charge on any atom is -0.475 e. The van der Waals surface area contributed by atoms with E-state index in [1.165, 1.54) is 0 Å². The van der Waals surface area contributed by atoms with Crippen molar-refractivity contribution in [3.63, 3.8) is 0 Å². The van der Waals surface area contributed by atoms with Gasteiger partial charge in [0.1, 0.15) is 5.82 Å². The lowest BCUT2D eigenvalue weighted by molar-refractivity contribution is 0.0684. The van der Waals surface area contributed by atoms with Gasteiger partial charge in [0.15, 0.2) is 0 Å². The van der Waals surface area contributed by atoms with Crippen LogP contribution in [-0.4, -0.2) is 27.6 Å². The van der Waals surface area contributed by atoms with Crippen LogP contribution in [0, 0.1) is 0 Å². The molecule has 5 heteroatoms. The topological polar surface area (TPSA) is 78.0 Å². The third-order valence-electron chi connectivity index (χ3n) is 1.65. The van der Waals surface area contributed by atoms with Crippen LogP contribution in [0.1, 0.15) is 16.3 Å². The van der Waals surface area contributed by atoms with Gasteiger partial charge < -0.3 is 15.4 Å². The predicted octanol–water partition coefficient (Wildman–Crippen LogP) is 0.0759. The Morgan fingerprint density at radius 1 is 1.64 bits per heavy atom. The van der Waals surface area contributed by atoms with Gasteiger partial charge in [-0.2, -0.15) is 0 Å². The fraction of sp³-hybridized carbons (Fsp3) is 0.333. The largest absolute Gasteiger partial charge is 0.475 e. The lowest BCUT2D eigenvalue weighted by Gasteiger charge is -1.88. The molecule has 2 heterocycles. The van der Waals surface area contributed by atoms with E-state index in [2.05, 4.69) is 15.3 Å².